The molecule has 1 fully saturated rings. The van der Waals surface area contributed by atoms with Crippen LogP contribution < -0.4 is 4.90 Å². The third kappa shape index (κ3) is 4.14. The van der Waals surface area contributed by atoms with Crippen LogP contribution in [-0.4, -0.2) is 49.7 Å². The first kappa shape index (κ1) is 15.7. The van der Waals surface area contributed by atoms with Crippen molar-refractivity contribution in [2.75, 3.05) is 38.3 Å². The van der Waals surface area contributed by atoms with Crippen molar-refractivity contribution in [1.82, 2.24) is 10.2 Å². The Morgan fingerprint density at radius 3 is 2.45 bits per heavy atom. The highest BCUT2D eigenvalue weighted by Crippen LogP contribution is 2.31. The van der Waals surface area contributed by atoms with Gasteiger partial charge >= 0.3 is 0 Å². The molecule has 1 aromatic heterocycles. The molecule has 1 saturated heterocycles. The molecule has 1 aliphatic heterocycles. The predicted octanol–water partition coefficient (Wildman–Crippen LogP) is 2.47. The fourth-order valence-electron chi connectivity index (χ4n) is 2.16. The Morgan fingerprint density at radius 1 is 1.20 bits per heavy atom. The zero-order valence-electron chi connectivity index (χ0n) is 12.9. The predicted molar refractivity (Wildman–Crippen MR) is 81.7 cm³/mol. The zero-order chi connectivity index (χ0) is 14.6. The van der Waals surface area contributed by atoms with Crippen molar-refractivity contribution in [1.29, 1.82) is 0 Å². The average Bonchev–Trinajstić information content (AvgIpc) is 2.89. The first-order valence-electron chi connectivity index (χ1n) is 7.20. The van der Waals surface area contributed by atoms with Crippen molar-refractivity contribution in [2.24, 2.45) is 0 Å². The Balaban J connectivity index is 1.83. The van der Waals surface area contributed by atoms with Crippen molar-refractivity contribution in [3.63, 3.8) is 0 Å². The van der Waals surface area contributed by atoms with E-state index in [0.717, 1.165) is 36.1 Å². The summed E-state index contributed by atoms with van der Waals surface area (Å²) in [7, 11) is 1.70. The minimum absolute atomic E-state index is 0.0809. The Morgan fingerprint density at radius 2 is 1.90 bits per heavy atom. The maximum absolute atomic E-state index is 5.78. The molecule has 0 aliphatic carbocycles. The van der Waals surface area contributed by atoms with E-state index in [1.807, 2.05) is 0 Å². The topological polar surface area (TPSA) is 47.5 Å². The molecule has 0 unspecified atom stereocenters. The Kier molecular flexibility index (Phi) is 5.35. The SMILES string of the molecule is COCCOC1CCN(c2nnc(C(C)(C)C)s2)CC1. The number of hydrogen-bond acceptors (Lipinski definition) is 6. The number of aromatic nitrogens is 2. The van der Waals surface area contributed by atoms with Gasteiger partial charge < -0.3 is 14.4 Å². The fraction of sp³-hybridized carbons (Fsp3) is 0.857. The monoisotopic (exact) mass is 299 g/mol. The van der Waals surface area contributed by atoms with Crippen LogP contribution in [0.25, 0.3) is 0 Å². The summed E-state index contributed by atoms with van der Waals surface area (Å²) in [6.07, 6.45) is 2.46. The lowest BCUT2D eigenvalue weighted by Gasteiger charge is -2.31. The van der Waals surface area contributed by atoms with Gasteiger partial charge in [-0.05, 0) is 12.8 Å². The van der Waals surface area contributed by atoms with E-state index in [4.69, 9.17) is 9.47 Å². The van der Waals surface area contributed by atoms with Gasteiger partial charge in [0.05, 0.1) is 19.3 Å². The summed E-state index contributed by atoms with van der Waals surface area (Å²) >= 11 is 1.71. The first-order valence-corrected chi connectivity index (χ1v) is 8.02. The molecular formula is C14H25N3O2S. The summed E-state index contributed by atoms with van der Waals surface area (Å²) in [4.78, 5) is 2.32. The lowest BCUT2D eigenvalue weighted by Crippen LogP contribution is -2.37. The quantitative estimate of drug-likeness (QED) is 0.782. The van der Waals surface area contributed by atoms with E-state index >= 15 is 0 Å². The second-order valence-corrected chi connectivity index (χ2v) is 7.15. The smallest absolute Gasteiger partial charge is 0.208 e. The molecule has 2 rings (SSSR count). The van der Waals surface area contributed by atoms with Gasteiger partial charge in [-0.3, -0.25) is 0 Å². The van der Waals surface area contributed by atoms with Crippen molar-refractivity contribution in [2.45, 2.75) is 45.1 Å². The molecule has 6 heteroatoms. The van der Waals surface area contributed by atoms with E-state index in [0.29, 0.717) is 19.3 Å². The molecule has 0 bridgehead atoms. The number of anilines is 1. The summed E-state index contributed by atoms with van der Waals surface area (Å²) < 4.78 is 10.8. The lowest BCUT2D eigenvalue weighted by atomic mass is 9.98. The van der Waals surface area contributed by atoms with E-state index < -0.39 is 0 Å². The van der Waals surface area contributed by atoms with Gasteiger partial charge in [0, 0.05) is 25.6 Å². The van der Waals surface area contributed by atoms with Crippen LogP contribution in [0.3, 0.4) is 0 Å². The highest BCUT2D eigenvalue weighted by Gasteiger charge is 2.25. The van der Waals surface area contributed by atoms with Gasteiger partial charge in [0.15, 0.2) is 0 Å². The molecule has 0 radical (unpaired) electrons. The summed E-state index contributed by atoms with van der Waals surface area (Å²) in [5.74, 6) is 0. The number of ether oxygens (including phenoxy) is 2. The van der Waals surface area contributed by atoms with Crippen LogP contribution in [0.2, 0.25) is 0 Å². The normalized spacial score (nSPS) is 17.7. The third-order valence-electron chi connectivity index (χ3n) is 3.41. The number of piperidine rings is 1. The standard InChI is InChI=1S/C14H25N3O2S/c1-14(2,3)12-15-16-13(20-12)17-7-5-11(6-8-17)19-10-9-18-4/h11H,5-10H2,1-4H3. The molecule has 0 atom stereocenters. The summed E-state index contributed by atoms with van der Waals surface area (Å²) in [5.41, 5.74) is 0.0809. The molecule has 0 amide bonds. The number of nitrogens with zero attached hydrogens (tertiary/aromatic N) is 3. The second-order valence-electron chi connectivity index (χ2n) is 6.19. The average molecular weight is 299 g/mol. The largest absolute Gasteiger partial charge is 0.382 e. The van der Waals surface area contributed by atoms with Crippen LogP contribution >= 0.6 is 11.3 Å². The molecule has 0 aromatic carbocycles. The van der Waals surface area contributed by atoms with Gasteiger partial charge in [-0.2, -0.15) is 0 Å². The van der Waals surface area contributed by atoms with Crippen molar-refractivity contribution in [3.05, 3.63) is 5.01 Å². The van der Waals surface area contributed by atoms with Gasteiger partial charge in [0.2, 0.25) is 5.13 Å². The number of methoxy groups -OCH3 is 1. The van der Waals surface area contributed by atoms with Crippen LogP contribution in [0.1, 0.15) is 38.6 Å². The molecule has 0 saturated carbocycles. The maximum Gasteiger partial charge on any atom is 0.208 e. The van der Waals surface area contributed by atoms with E-state index in [9.17, 15) is 0 Å². The van der Waals surface area contributed by atoms with E-state index in [-0.39, 0.29) is 5.41 Å². The van der Waals surface area contributed by atoms with Gasteiger partial charge in [-0.25, -0.2) is 0 Å². The summed E-state index contributed by atoms with van der Waals surface area (Å²) in [6, 6.07) is 0. The van der Waals surface area contributed by atoms with Crippen LogP contribution in [-0.2, 0) is 14.9 Å². The second kappa shape index (κ2) is 6.83. The molecule has 20 heavy (non-hydrogen) atoms. The lowest BCUT2D eigenvalue weighted by molar-refractivity contribution is 0.00609. The van der Waals surface area contributed by atoms with Crippen molar-refractivity contribution >= 4 is 16.5 Å². The molecule has 5 nitrogen and oxygen atoms in total. The van der Waals surface area contributed by atoms with E-state index in [2.05, 4.69) is 35.9 Å². The van der Waals surface area contributed by atoms with Gasteiger partial charge in [-0.1, -0.05) is 32.1 Å². The highest BCUT2D eigenvalue weighted by molar-refractivity contribution is 7.15. The van der Waals surface area contributed by atoms with Gasteiger partial charge in [0.1, 0.15) is 5.01 Å². The zero-order valence-corrected chi connectivity index (χ0v) is 13.7. The van der Waals surface area contributed by atoms with E-state index in [1.165, 1.54) is 0 Å². The molecular weight excluding hydrogens is 274 g/mol. The van der Waals surface area contributed by atoms with Crippen LogP contribution in [0, 0.1) is 0 Å². The van der Waals surface area contributed by atoms with Crippen molar-refractivity contribution < 1.29 is 9.47 Å². The van der Waals surface area contributed by atoms with Crippen LogP contribution in [0.15, 0.2) is 0 Å². The van der Waals surface area contributed by atoms with Crippen LogP contribution in [0.4, 0.5) is 5.13 Å². The summed E-state index contributed by atoms with van der Waals surface area (Å²) in [6.45, 7) is 9.88. The van der Waals surface area contributed by atoms with Crippen molar-refractivity contribution in [3.8, 4) is 0 Å². The highest BCUT2D eigenvalue weighted by atomic mass is 32.1. The first-order chi connectivity index (χ1) is 9.50. The van der Waals surface area contributed by atoms with Gasteiger partial charge in [-0.15, -0.1) is 10.2 Å². The Bertz CT molecular complexity index is 409. The number of hydrogen-bond donors (Lipinski definition) is 0. The molecule has 0 N–H and O–H groups in total. The minimum atomic E-state index is 0.0809. The van der Waals surface area contributed by atoms with E-state index in [1.54, 1.807) is 18.4 Å². The molecule has 0 spiro atoms. The number of rotatable bonds is 5. The minimum Gasteiger partial charge on any atom is -0.382 e. The van der Waals surface area contributed by atoms with Gasteiger partial charge in [0.25, 0.3) is 0 Å². The maximum atomic E-state index is 5.78. The van der Waals surface area contributed by atoms with Crippen LogP contribution in [0.5, 0.6) is 0 Å². The Labute approximate surface area is 125 Å². The fourth-order valence-corrected chi connectivity index (χ4v) is 3.11. The molecule has 114 valence electrons. The molecule has 1 aliphatic rings. The Hall–Kier alpha value is -0.720. The third-order valence-corrected chi connectivity index (χ3v) is 4.82. The molecule has 1 aromatic rings. The summed E-state index contributed by atoms with van der Waals surface area (Å²) in [5, 5.41) is 10.8. The molecule has 2 heterocycles.